The Balaban J connectivity index is 0. The van der Waals surface area contributed by atoms with Gasteiger partial charge in [-0.1, -0.05) is 12.7 Å². The van der Waals surface area contributed by atoms with Crippen molar-refractivity contribution in [3.63, 3.8) is 0 Å². The zero-order chi connectivity index (χ0) is 12.5. The summed E-state index contributed by atoms with van der Waals surface area (Å²) in [5.41, 5.74) is -1.00. The number of rotatable bonds is 3. The molecular weight excluding hydrogens is 238 g/mol. The molecule has 3 nitrogen and oxygen atoms in total. The summed E-state index contributed by atoms with van der Waals surface area (Å²) in [6.45, 7) is 2.97. The van der Waals surface area contributed by atoms with E-state index in [1.165, 1.54) is 0 Å². The van der Waals surface area contributed by atoms with Gasteiger partial charge in [-0.25, -0.2) is 8.78 Å². The minimum Gasteiger partial charge on any atom is -1.00 e. The molecule has 1 rings (SSSR count). The van der Waals surface area contributed by atoms with Gasteiger partial charge in [0.05, 0.1) is 5.56 Å². The standard InChI is InChI=1S/C8H5BF4O3.Li.H/c1-2-3-4(10)6(12)8(16-9(14)15)7(13)5(3)11;;/h2,14-15H,1H2;;/q;+1;-1. The molecule has 0 aromatic heterocycles. The minimum atomic E-state index is -2.60. The van der Waals surface area contributed by atoms with Gasteiger partial charge in [0.15, 0.2) is 17.4 Å². The molecule has 0 spiro atoms. The van der Waals surface area contributed by atoms with E-state index in [0.717, 1.165) is 0 Å². The summed E-state index contributed by atoms with van der Waals surface area (Å²) in [7, 11) is -2.60. The van der Waals surface area contributed by atoms with Gasteiger partial charge >= 0.3 is 26.2 Å². The summed E-state index contributed by atoms with van der Waals surface area (Å²) in [6.07, 6.45) is 0.579. The molecule has 0 saturated carbocycles. The van der Waals surface area contributed by atoms with Gasteiger partial charge in [0, 0.05) is 0 Å². The van der Waals surface area contributed by atoms with Gasteiger partial charge < -0.3 is 16.1 Å². The summed E-state index contributed by atoms with van der Waals surface area (Å²) in [5.74, 6) is -8.76. The molecule has 0 saturated heterocycles. The van der Waals surface area contributed by atoms with Crippen LogP contribution in [0.3, 0.4) is 0 Å². The van der Waals surface area contributed by atoms with Gasteiger partial charge in [-0.05, 0) is 0 Å². The van der Waals surface area contributed by atoms with Crippen LogP contribution in [0.25, 0.3) is 6.08 Å². The average molecular weight is 244 g/mol. The summed E-state index contributed by atoms with van der Waals surface area (Å²) < 4.78 is 56.0. The predicted octanol–water partition coefficient (Wildman–Crippen LogP) is -1.65. The van der Waals surface area contributed by atoms with E-state index in [4.69, 9.17) is 10.0 Å². The predicted molar refractivity (Wildman–Crippen MR) is 48.3 cm³/mol. The summed E-state index contributed by atoms with van der Waals surface area (Å²) >= 11 is 0. The van der Waals surface area contributed by atoms with Crippen LogP contribution in [0.4, 0.5) is 17.6 Å². The first kappa shape index (κ1) is 16.1. The Hall–Kier alpha value is -0.938. The van der Waals surface area contributed by atoms with Crippen LogP contribution >= 0.6 is 0 Å². The summed E-state index contributed by atoms with van der Waals surface area (Å²) in [5, 5.41) is 16.6. The zero-order valence-electron chi connectivity index (χ0n) is 9.68. The summed E-state index contributed by atoms with van der Waals surface area (Å²) in [4.78, 5) is 0. The molecule has 88 valence electrons. The second-order valence-electron chi connectivity index (χ2n) is 2.65. The fourth-order valence-corrected chi connectivity index (χ4v) is 1.02. The van der Waals surface area contributed by atoms with Crippen molar-refractivity contribution >= 4 is 13.4 Å². The molecule has 0 unspecified atom stereocenters. The molecule has 0 heterocycles. The first-order chi connectivity index (χ1) is 7.40. The second kappa shape index (κ2) is 6.12. The molecule has 0 atom stereocenters. The number of hydrogen-bond donors (Lipinski definition) is 2. The Morgan fingerprint density at radius 2 is 1.47 bits per heavy atom. The third-order valence-electron chi connectivity index (χ3n) is 1.68. The first-order valence-electron chi connectivity index (χ1n) is 3.91. The largest absolute Gasteiger partial charge is 1.00 e. The Morgan fingerprint density at radius 3 is 1.76 bits per heavy atom. The maximum atomic E-state index is 13.1. The van der Waals surface area contributed by atoms with Crippen molar-refractivity contribution in [3.05, 3.63) is 35.4 Å². The van der Waals surface area contributed by atoms with Crippen LogP contribution in [0.1, 0.15) is 6.99 Å². The van der Waals surface area contributed by atoms with Gasteiger partial charge in [0.1, 0.15) is 0 Å². The average Bonchev–Trinajstić information content (AvgIpc) is 2.22. The Bertz CT molecular complexity index is 418. The van der Waals surface area contributed by atoms with Gasteiger partial charge in [-0.3, -0.25) is 0 Å². The van der Waals surface area contributed by atoms with Crippen LogP contribution < -0.4 is 23.5 Å². The molecule has 0 fully saturated rings. The molecule has 0 radical (unpaired) electrons. The van der Waals surface area contributed by atoms with Gasteiger partial charge in [-0.2, -0.15) is 8.78 Å². The summed E-state index contributed by atoms with van der Waals surface area (Å²) in [6, 6.07) is 0. The Kier molecular flexibility index (Phi) is 5.78. The van der Waals surface area contributed by atoms with Gasteiger partial charge in [-0.15, -0.1) is 0 Å². The number of halogens is 4. The second-order valence-corrected chi connectivity index (χ2v) is 2.65. The molecule has 0 bridgehead atoms. The quantitative estimate of drug-likeness (QED) is 0.380. The number of benzene rings is 1. The first-order valence-corrected chi connectivity index (χ1v) is 3.91. The van der Waals surface area contributed by atoms with Crippen LogP contribution in [-0.2, 0) is 0 Å². The molecule has 9 heteroatoms. The van der Waals surface area contributed by atoms with Gasteiger partial charge in [0.2, 0.25) is 11.6 Å². The molecule has 1 aromatic rings. The van der Waals surface area contributed by atoms with Crippen molar-refractivity contribution in [3.8, 4) is 5.75 Å². The fraction of sp³-hybridized carbons (Fsp3) is 0. The topological polar surface area (TPSA) is 49.7 Å². The monoisotopic (exact) mass is 244 g/mol. The molecule has 0 aliphatic heterocycles. The van der Waals surface area contributed by atoms with E-state index < -0.39 is 41.9 Å². The molecule has 0 aliphatic carbocycles. The molecule has 2 N–H and O–H groups in total. The van der Waals surface area contributed by atoms with E-state index in [2.05, 4.69) is 11.2 Å². The minimum absolute atomic E-state index is 0. The fourth-order valence-electron chi connectivity index (χ4n) is 1.02. The van der Waals surface area contributed by atoms with Crippen molar-refractivity contribution in [2.75, 3.05) is 0 Å². The normalized spacial score (nSPS) is 9.53. The van der Waals surface area contributed by atoms with E-state index in [1.807, 2.05) is 0 Å². The van der Waals surface area contributed by atoms with E-state index in [-0.39, 0.29) is 20.3 Å². The van der Waals surface area contributed by atoms with Crippen molar-refractivity contribution in [1.82, 2.24) is 0 Å². The molecule has 1 aromatic carbocycles. The van der Waals surface area contributed by atoms with Gasteiger partial charge in [0.25, 0.3) is 0 Å². The van der Waals surface area contributed by atoms with Crippen LogP contribution in [0.15, 0.2) is 6.58 Å². The van der Waals surface area contributed by atoms with Crippen LogP contribution in [-0.4, -0.2) is 17.4 Å². The van der Waals surface area contributed by atoms with Crippen LogP contribution in [0.2, 0.25) is 0 Å². The van der Waals surface area contributed by atoms with Crippen molar-refractivity contribution < 1.29 is 52.6 Å². The van der Waals surface area contributed by atoms with E-state index >= 15 is 0 Å². The number of hydrogen-bond acceptors (Lipinski definition) is 3. The van der Waals surface area contributed by atoms with E-state index in [1.54, 1.807) is 0 Å². The van der Waals surface area contributed by atoms with Crippen molar-refractivity contribution in [2.24, 2.45) is 0 Å². The van der Waals surface area contributed by atoms with E-state index in [9.17, 15) is 17.6 Å². The molecule has 0 aliphatic rings. The molecule has 0 amide bonds. The third kappa shape index (κ3) is 3.04. The van der Waals surface area contributed by atoms with Crippen LogP contribution in [0.5, 0.6) is 5.75 Å². The van der Waals surface area contributed by atoms with Crippen molar-refractivity contribution in [1.29, 1.82) is 0 Å². The van der Waals surface area contributed by atoms with Crippen molar-refractivity contribution in [2.45, 2.75) is 0 Å². The maximum absolute atomic E-state index is 13.1. The maximum Gasteiger partial charge on any atom is 1.00 e. The third-order valence-corrected chi connectivity index (χ3v) is 1.68. The Morgan fingerprint density at radius 1 is 1.06 bits per heavy atom. The molecular formula is C8H6BF4LiO3. The Labute approximate surface area is 108 Å². The zero-order valence-corrected chi connectivity index (χ0v) is 8.68. The smallest absolute Gasteiger partial charge is 1.00 e. The molecule has 17 heavy (non-hydrogen) atoms. The van der Waals surface area contributed by atoms with Crippen LogP contribution in [0, 0.1) is 23.3 Å². The SMILES string of the molecule is C=Cc1c(F)c(F)c(OB(O)O)c(F)c1F.[H-].[Li+]. The van der Waals surface area contributed by atoms with E-state index in [0.29, 0.717) is 6.08 Å².